The zero-order chi connectivity index (χ0) is 11.0. The van der Waals surface area contributed by atoms with Crippen LogP contribution in [0.25, 0.3) is 0 Å². The Morgan fingerprint density at radius 1 is 1.07 bits per heavy atom. The van der Waals surface area contributed by atoms with Crippen LogP contribution in [0.15, 0.2) is 0 Å². The Balaban J connectivity index is 4.53. The van der Waals surface area contributed by atoms with E-state index >= 15 is 0 Å². The fourth-order valence-electron chi connectivity index (χ4n) is 1.23. The van der Waals surface area contributed by atoms with Gasteiger partial charge in [0.15, 0.2) is 0 Å². The SMILES string of the molecule is [CH2]CC(N)[Si](OCC)(OCC)OCC. The van der Waals surface area contributed by atoms with Gasteiger partial charge in [-0.05, 0) is 27.2 Å². The molecule has 1 radical (unpaired) electrons. The fraction of sp³-hybridized carbons (Fsp3) is 0.889. The maximum atomic E-state index is 5.93. The molecule has 5 heteroatoms. The highest BCUT2D eigenvalue weighted by Crippen LogP contribution is 2.15. The lowest BCUT2D eigenvalue weighted by molar-refractivity contribution is 0.0624. The van der Waals surface area contributed by atoms with Crippen LogP contribution in [0.3, 0.4) is 0 Å². The monoisotopic (exact) mass is 220 g/mol. The molecule has 0 bridgehead atoms. The van der Waals surface area contributed by atoms with Gasteiger partial charge >= 0.3 is 8.80 Å². The first-order chi connectivity index (χ1) is 6.66. The molecular weight excluding hydrogens is 198 g/mol. The summed E-state index contributed by atoms with van der Waals surface area (Å²) in [5.41, 5.74) is 5.70. The van der Waals surface area contributed by atoms with E-state index in [4.69, 9.17) is 19.0 Å². The van der Waals surface area contributed by atoms with Gasteiger partial charge in [-0.3, -0.25) is 0 Å². The number of nitrogens with two attached hydrogens (primary N) is 1. The highest BCUT2D eigenvalue weighted by atomic mass is 28.4. The average molecular weight is 220 g/mol. The molecule has 85 valence electrons. The Labute approximate surface area is 88.1 Å². The summed E-state index contributed by atoms with van der Waals surface area (Å²) in [4.78, 5) is 0. The van der Waals surface area contributed by atoms with Crippen molar-refractivity contribution in [2.45, 2.75) is 32.9 Å². The van der Waals surface area contributed by atoms with E-state index in [9.17, 15) is 0 Å². The zero-order valence-electron chi connectivity index (χ0n) is 9.41. The average Bonchev–Trinajstić information content (AvgIpc) is 2.17. The molecule has 14 heavy (non-hydrogen) atoms. The molecule has 1 unspecified atom stereocenters. The van der Waals surface area contributed by atoms with E-state index in [0.29, 0.717) is 26.2 Å². The lowest BCUT2D eigenvalue weighted by Crippen LogP contribution is -2.60. The van der Waals surface area contributed by atoms with Gasteiger partial charge < -0.3 is 19.0 Å². The molecule has 0 fully saturated rings. The minimum absolute atomic E-state index is 0.234. The molecule has 4 nitrogen and oxygen atoms in total. The second-order valence-corrected chi connectivity index (χ2v) is 5.61. The molecule has 0 saturated heterocycles. The summed E-state index contributed by atoms with van der Waals surface area (Å²) in [7, 11) is -2.68. The van der Waals surface area contributed by atoms with Crippen molar-refractivity contribution in [1.29, 1.82) is 0 Å². The first-order valence-electron chi connectivity index (χ1n) is 5.13. The summed E-state index contributed by atoms with van der Waals surface area (Å²) in [6.45, 7) is 11.2. The van der Waals surface area contributed by atoms with Gasteiger partial charge in [-0.15, -0.1) is 0 Å². The Kier molecular flexibility index (Phi) is 7.39. The summed E-state index contributed by atoms with van der Waals surface area (Å²) in [5, 5.41) is 0. The van der Waals surface area contributed by atoms with Crippen LogP contribution in [0.2, 0.25) is 0 Å². The van der Waals surface area contributed by atoms with Crippen molar-refractivity contribution in [3.8, 4) is 0 Å². The quantitative estimate of drug-likeness (QED) is 0.623. The molecule has 0 heterocycles. The molecule has 0 aromatic rings. The van der Waals surface area contributed by atoms with Crippen LogP contribution >= 0.6 is 0 Å². The Hall–Kier alpha value is 0.0569. The predicted octanol–water partition coefficient (Wildman–Crippen LogP) is 1.13. The lowest BCUT2D eigenvalue weighted by Gasteiger charge is -2.32. The Bertz CT molecular complexity index is 129. The van der Waals surface area contributed by atoms with Gasteiger partial charge in [0.25, 0.3) is 0 Å². The van der Waals surface area contributed by atoms with Crippen molar-refractivity contribution in [3.63, 3.8) is 0 Å². The smallest absolute Gasteiger partial charge is 0.373 e. The van der Waals surface area contributed by atoms with Gasteiger partial charge in [0.1, 0.15) is 0 Å². The second-order valence-electron chi connectivity index (χ2n) is 2.80. The largest absolute Gasteiger partial charge is 0.518 e. The Morgan fingerprint density at radius 2 is 1.43 bits per heavy atom. The molecule has 0 aliphatic carbocycles. The highest BCUT2D eigenvalue weighted by molar-refractivity contribution is 6.62. The Morgan fingerprint density at radius 3 is 1.64 bits per heavy atom. The van der Waals surface area contributed by atoms with Crippen molar-refractivity contribution in [3.05, 3.63) is 6.92 Å². The highest BCUT2D eigenvalue weighted by Gasteiger charge is 2.46. The minimum Gasteiger partial charge on any atom is -0.373 e. The van der Waals surface area contributed by atoms with Crippen molar-refractivity contribution in [1.82, 2.24) is 0 Å². The molecule has 1 atom stereocenters. The fourth-order valence-corrected chi connectivity index (χ4v) is 3.68. The molecule has 0 saturated carbocycles. The van der Waals surface area contributed by atoms with Gasteiger partial charge in [-0.2, -0.15) is 0 Å². The van der Waals surface area contributed by atoms with E-state index in [1.807, 2.05) is 20.8 Å². The van der Waals surface area contributed by atoms with Crippen LogP contribution in [0.4, 0.5) is 0 Å². The minimum atomic E-state index is -2.68. The number of hydrogen-bond acceptors (Lipinski definition) is 4. The molecule has 0 spiro atoms. The van der Waals surface area contributed by atoms with E-state index in [0.717, 1.165) is 0 Å². The van der Waals surface area contributed by atoms with E-state index in [-0.39, 0.29) is 5.67 Å². The summed E-state index contributed by atoms with van der Waals surface area (Å²) < 4.78 is 16.8. The van der Waals surface area contributed by atoms with Gasteiger partial charge in [0, 0.05) is 19.8 Å². The van der Waals surface area contributed by atoms with Crippen LogP contribution < -0.4 is 5.73 Å². The van der Waals surface area contributed by atoms with Crippen LogP contribution in [0.5, 0.6) is 0 Å². The molecule has 2 N–H and O–H groups in total. The molecule has 0 aromatic heterocycles. The third-order valence-corrected chi connectivity index (χ3v) is 5.07. The van der Waals surface area contributed by atoms with Crippen LogP contribution in [0.1, 0.15) is 27.2 Å². The summed E-state index contributed by atoms with van der Waals surface area (Å²) in [5.74, 6) is 0. The van der Waals surface area contributed by atoms with E-state index < -0.39 is 8.80 Å². The topological polar surface area (TPSA) is 53.7 Å². The van der Waals surface area contributed by atoms with E-state index in [1.54, 1.807) is 0 Å². The number of hydrogen-bond donors (Lipinski definition) is 1. The van der Waals surface area contributed by atoms with Gasteiger partial charge in [-0.25, -0.2) is 0 Å². The summed E-state index contributed by atoms with van der Waals surface area (Å²) >= 11 is 0. The first kappa shape index (κ1) is 14.1. The summed E-state index contributed by atoms with van der Waals surface area (Å²) in [6.07, 6.45) is 0.562. The molecule has 0 rings (SSSR count). The maximum Gasteiger partial charge on any atom is 0.518 e. The third kappa shape index (κ3) is 3.66. The lowest BCUT2D eigenvalue weighted by atomic mass is 10.5. The van der Waals surface area contributed by atoms with Crippen LogP contribution in [-0.4, -0.2) is 34.3 Å². The molecule has 0 amide bonds. The predicted molar refractivity (Wildman–Crippen MR) is 58.6 cm³/mol. The number of rotatable bonds is 8. The maximum absolute atomic E-state index is 5.93. The van der Waals surface area contributed by atoms with Crippen molar-refractivity contribution in [2.75, 3.05) is 19.8 Å². The molecule has 0 aliphatic heterocycles. The van der Waals surface area contributed by atoms with Crippen molar-refractivity contribution in [2.24, 2.45) is 5.73 Å². The normalized spacial score (nSPS) is 14.4. The molecule has 0 aliphatic rings. The second kappa shape index (κ2) is 7.36. The van der Waals surface area contributed by atoms with Crippen LogP contribution in [-0.2, 0) is 13.3 Å². The third-order valence-electron chi connectivity index (χ3n) is 1.80. The van der Waals surface area contributed by atoms with Crippen molar-refractivity contribution < 1.29 is 13.3 Å². The van der Waals surface area contributed by atoms with Gasteiger partial charge in [-0.1, -0.05) is 6.92 Å². The van der Waals surface area contributed by atoms with Crippen molar-refractivity contribution >= 4 is 8.80 Å². The van der Waals surface area contributed by atoms with E-state index in [1.165, 1.54) is 0 Å². The zero-order valence-corrected chi connectivity index (χ0v) is 10.4. The van der Waals surface area contributed by atoms with Crippen LogP contribution in [0, 0.1) is 6.92 Å². The van der Waals surface area contributed by atoms with E-state index in [2.05, 4.69) is 6.92 Å². The summed E-state index contributed by atoms with van der Waals surface area (Å²) in [6, 6.07) is 0. The first-order valence-corrected chi connectivity index (χ1v) is 6.93. The molecular formula is C9H22NO3Si. The standard InChI is InChI=1S/C9H22NO3Si/c1-5-9(10)14(11-6-2,12-7-3)13-8-4/h9H,1,5-8,10H2,2-4H3. The van der Waals surface area contributed by atoms with Gasteiger partial charge in [0.05, 0.1) is 5.67 Å². The van der Waals surface area contributed by atoms with Gasteiger partial charge in [0.2, 0.25) is 0 Å². The molecule has 0 aromatic carbocycles.